The highest BCUT2D eigenvalue weighted by Crippen LogP contribution is 2.17. The van der Waals surface area contributed by atoms with E-state index in [9.17, 15) is 14.4 Å². The minimum Gasteiger partial charge on any atom is -0.480 e. The molecule has 7 heteroatoms. The Morgan fingerprint density at radius 1 is 1.26 bits per heavy atom. The van der Waals surface area contributed by atoms with Gasteiger partial charge in [0, 0.05) is 6.04 Å². The Kier molecular flexibility index (Phi) is 6.69. The van der Waals surface area contributed by atoms with E-state index in [4.69, 9.17) is 5.11 Å². The van der Waals surface area contributed by atoms with Crippen molar-refractivity contribution in [2.75, 3.05) is 5.75 Å². The van der Waals surface area contributed by atoms with Crippen LogP contribution in [0.15, 0.2) is 0 Å². The smallest absolute Gasteiger partial charge is 0.321 e. The maximum Gasteiger partial charge on any atom is 0.321 e. The van der Waals surface area contributed by atoms with Gasteiger partial charge in [-0.2, -0.15) is 0 Å². The molecule has 3 N–H and O–H groups in total. The summed E-state index contributed by atoms with van der Waals surface area (Å²) in [4.78, 5) is 33.5. The van der Waals surface area contributed by atoms with Gasteiger partial charge in [-0.25, -0.2) is 4.79 Å². The molecular formula is C12H20N2O4S. The fourth-order valence-electron chi connectivity index (χ4n) is 1.90. The zero-order valence-corrected chi connectivity index (χ0v) is 11.8. The number of carbonyl (C=O) groups is 3. The number of rotatable bonds is 5. The number of carbonyl (C=O) groups excluding carboxylic acids is 2. The minimum absolute atomic E-state index is 0.0362. The molecule has 1 saturated carbocycles. The Morgan fingerprint density at radius 3 is 2.47 bits per heavy atom. The van der Waals surface area contributed by atoms with Crippen LogP contribution in [0.3, 0.4) is 0 Å². The van der Waals surface area contributed by atoms with Gasteiger partial charge in [0.1, 0.15) is 0 Å². The Hall–Kier alpha value is -1.24. The number of imide groups is 1. The number of aliphatic carboxylic acids is 1. The van der Waals surface area contributed by atoms with Crippen LogP contribution in [0.2, 0.25) is 0 Å². The molecule has 0 bridgehead atoms. The van der Waals surface area contributed by atoms with Crippen molar-refractivity contribution in [2.24, 2.45) is 0 Å². The number of carboxylic acids is 1. The fourth-order valence-corrected chi connectivity index (χ4v) is 2.52. The van der Waals surface area contributed by atoms with Crippen molar-refractivity contribution in [1.82, 2.24) is 10.6 Å². The second-order valence-electron chi connectivity index (χ2n) is 4.65. The van der Waals surface area contributed by atoms with Gasteiger partial charge in [-0.15, -0.1) is 11.8 Å². The van der Waals surface area contributed by atoms with Gasteiger partial charge in [0.15, 0.2) is 0 Å². The van der Waals surface area contributed by atoms with Crippen molar-refractivity contribution in [2.45, 2.75) is 50.3 Å². The third-order valence-corrected chi connectivity index (χ3v) is 4.14. The zero-order valence-electron chi connectivity index (χ0n) is 11.0. The van der Waals surface area contributed by atoms with Crippen LogP contribution >= 0.6 is 11.8 Å². The lowest BCUT2D eigenvalue weighted by molar-refractivity contribution is -0.136. The molecule has 3 amide bonds. The van der Waals surface area contributed by atoms with E-state index >= 15 is 0 Å². The maximum absolute atomic E-state index is 11.5. The molecule has 0 aromatic rings. The molecule has 19 heavy (non-hydrogen) atoms. The summed E-state index contributed by atoms with van der Waals surface area (Å²) in [6.07, 6.45) is 5.30. The summed E-state index contributed by atoms with van der Waals surface area (Å²) in [7, 11) is 0. The van der Waals surface area contributed by atoms with Crippen molar-refractivity contribution in [3.63, 3.8) is 0 Å². The predicted octanol–water partition coefficient (Wildman–Crippen LogP) is 1.35. The highest BCUT2D eigenvalue weighted by Gasteiger charge is 2.18. The molecule has 1 unspecified atom stereocenters. The van der Waals surface area contributed by atoms with Crippen LogP contribution in [0.5, 0.6) is 0 Å². The van der Waals surface area contributed by atoms with Crippen LogP contribution < -0.4 is 10.6 Å². The van der Waals surface area contributed by atoms with E-state index in [-0.39, 0.29) is 11.8 Å². The normalized spacial score (nSPS) is 17.5. The quantitative estimate of drug-likeness (QED) is 0.709. The van der Waals surface area contributed by atoms with Crippen LogP contribution in [-0.2, 0) is 9.59 Å². The molecule has 0 aromatic heterocycles. The molecule has 0 radical (unpaired) electrons. The van der Waals surface area contributed by atoms with Gasteiger partial charge in [-0.3, -0.25) is 14.9 Å². The van der Waals surface area contributed by atoms with Crippen molar-refractivity contribution in [3.8, 4) is 0 Å². The van der Waals surface area contributed by atoms with Crippen molar-refractivity contribution in [3.05, 3.63) is 0 Å². The summed E-state index contributed by atoms with van der Waals surface area (Å²) in [5, 5.41) is 13.0. The molecule has 1 aliphatic rings. The lowest BCUT2D eigenvalue weighted by atomic mass is 9.96. The van der Waals surface area contributed by atoms with Crippen LogP contribution in [-0.4, -0.2) is 40.1 Å². The van der Waals surface area contributed by atoms with Gasteiger partial charge in [-0.1, -0.05) is 19.3 Å². The Labute approximate surface area is 116 Å². The molecule has 0 aromatic carbocycles. The number of hydrogen-bond acceptors (Lipinski definition) is 4. The van der Waals surface area contributed by atoms with Crippen LogP contribution in [0.25, 0.3) is 0 Å². The first-order chi connectivity index (χ1) is 8.99. The monoisotopic (exact) mass is 288 g/mol. The lowest BCUT2D eigenvalue weighted by Crippen LogP contribution is -2.45. The SMILES string of the molecule is CC(SCC(=O)NC(=O)NC1CCCCC1)C(=O)O. The molecule has 108 valence electrons. The second-order valence-corrected chi connectivity index (χ2v) is 5.98. The third kappa shape index (κ3) is 6.47. The molecule has 0 aliphatic heterocycles. The Balaban J connectivity index is 2.20. The summed E-state index contributed by atoms with van der Waals surface area (Å²) in [5.41, 5.74) is 0. The van der Waals surface area contributed by atoms with Crippen LogP contribution in [0.4, 0.5) is 4.79 Å². The predicted molar refractivity (Wildman–Crippen MR) is 73.1 cm³/mol. The van der Waals surface area contributed by atoms with Crippen molar-refractivity contribution >= 4 is 29.7 Å². The first kappa shape index (κ1) is 15.8. The van der Waals surface area contributed by atoms with E-state index in [2.05, 4.69) is 10.6 Å². The van der Waals surface area contributed by atoms with E-state index in [1.165, 1.54) is 13.3 Å². The van der Waals surface area contributed by atoms with E-state index in [1.807, 2.05) is 0 Å². The molecule has 1 fully saturated rings. The fraction of sp³-hybridized carbons (Fsp3) is 0.750. The summed E-state index contributed by atoms with van der Waals surface area (Å²) < 4.78 is 0. The van der Waals surface area contributed by atoms with Crippen molar-refractivity contribution in [1.29, 1.82) is 0 Å². The molecule has 1 atom stereocenters. The van der Waals surface area contributed by atoms with Gasteiger partial charge in [-0.05, 0) is 19.8 Å². The summed E-state index contributed by atoms with van der Waals surface area (Å²) in [5.74, 6) is -1.47. The molecule has 0 heterocycles. The van der Waals surface area contributed by atoms with Gasteiger partial charge < -0.3 is 10.4 Å². The first-order valence-corrected chi connectivity index (χ1v) is 7.48. The van der Waals surface area contributed by atoms with Gasteiger partial charge in [0.25, 0.3) is 0 Å². The topological polar surface area (TPSA) is 95.5 Å². The van der Waals surface area contributed by atoms with E-state index in [0.29, 0.717) is 0 Å². The van der Waals surface area contributed by atoms with Crippen LogP contribution in [0, 0.1) is 0 Å². The number of thioether (sulfide) groups is 1. The lowest BCUT2D eigenvalue weighted by Gasteiger charge is -2.22. The van der Waals surface area contributed by atoms with Gasteiger partial charge in [0.2, 0.25) is 5.91 Å². The highest BCUT2D eigenvalue weighted by atomic mass is 32.2. The number of urea groups is 1. The maximum atomic E-state index is 11.5. The molecule has 1 rings (SSSR count). The van der Waals surface area contributed by atoms with Crippen LogP contribution in [0.1, 0.15) is 39.0 Å². The third-order valence-electron chi connectivity index (χ3n) is 3.01. The second kappa shape index (κ2) is 8.04. The summed E-state index contributed by atoms with van der Waals surface area (Å²) in [6, 6.07) is -0.340. The number of amides is 3. The van der Waals surface area contributed by atoms with E-state index < -0.39 is 23.2 Å². The molecule has 1 aliphatic carbocycles. The van der Waals surface area contributed by atoms with Gasteiger partial charge in [0.05, 0.1) is 11.0 Å². The number of hydrogen-bond donors (Lipinski definition) is 3. The molecule has 0 spiro atoms. The number of carboxylic acid groups (broad SMARTS) is 1. The summed E-state index contributed by atoms with van der Waals surface area (Å²) >= 11 is 0.989. The van der Waals surface area contributed by atoms with Crippen molar-refractivity contribution < 1.29 is 19.5 Å². The average Bonchev–Trinajstić information content (AvgIpc) is 2.36. The molecular weight excluding hydrogens is 268 g/mol. The molecule has 6 nitrogen and oxygen atoms in total. The Bertz CT molecular complexity index is 343. The van der Waals surface area contributed by atoms with Gasteiger partial charge >= 0.3 is 12.0 Å². The Morgan fingerprint density at radius 2 is 1.89 bits per heavy atom. The minimum atomic E-state index is -0.968. The summed E-state index contributed by atoms with van der Waals surface area (Å²) in [6.45, 7) is 1.50. The van der Waals surface area contributed by atoms with E-state index in [1.54, 1.807) is 0 Å². The van der Waals surface area contributed by atoms with E-state index in [0.717, 1.165) is 37.4 Å². The number of nitrogens with one attached hydrogen (secondary N) is 2. The zero-order chi connectivity index (χ0) is 14.3. The highest BCUT2D eigenvalue weighted by molar-refractivity contribution is 8.01. The first-order valence-electron chi connectivity index (χ1n) is 6.44. The largest absolute Gasteiger partial charge is 0.480 e. The standard InChI is InChI=1S/C12H20N2O4S/c1-8(11(16)17)19-7-10(15)14-12(18)13-9-5-3-2-4-6-9/h8-9H,2-7H2,1H3,(H,16,17)(H2,13,14,15,18). The molecule has 0 saturated heterocycles. The average molecular weight is 288 g/mol.